The second-order valence-electron chi connectivity index (χ2n) is 2.69. The highest BCUT2D eigenvalue weighted by Crippen LogP contribution is 2.25. The lowest BCUT2D eigenvalue weighted by molar-refractivity contribution is 0.0691. The third-order valence-corrected chi connectivity index (χ3v) is 2.31. The molecule has 0 saturated carbocycles. The standard InChI is InChI=1S/C9H6ClFO3/c1-4-7(10)5(3-12)2-6(8(4)11)9(13)14/h2-3H,1H3,(H,13,14). The van der Waals surface area contributed by atoms with Crippen molar-refractivity contribution in [2.24, 2.45) is 0 Å². The number of rotatable bonds is 2. The van der Waals surface area contributed by atoms with Crippen LogP contribution in [0, 0.1) is 12.7 Å². The number of carbonyl (C=O) groups is 2. The predicted octanol–water partition coefficient (Wildman–Crippen LogP) is 2.30. The number of aldehydes is 1. The molecular formula is C9H6ClFO3. The van der Waals surface area contributed by atoms with Gasteiger partial charge in [0.05, 0.1) is 10.6 Å². The Morgan fingerprint density at radius 2 is 2.21 bits per heavy atom. The third kappa shape index (κ3) is 1.61. The summed E-state index contributed by atoms with van der Waals surface area (Å²) in [6.45, 7) is 1.32. The summed E-state index contributed by atoms with van der Waals surface area (Å²) in [7, 11) is 0. The predicted molar refractivity (Wildman–Crippen MR) is 48.5 cm³/mol. The van der Waals surface area contributed by atoms with Gasteiger partial charge in [0.1, 0.15) is 5.82 Å². The molecule has 0 atom stereocenters. The normalized spacial score (nSPS) is 9.93. The molecule has 1 aromatic carbocycles. The summed E-state index contributed by atoms with van der Waals surface area (Å²) in [5.41, 5.74) is -0.606. The van der Waals surface area contributed by atoms with E-state index >= 15 is 0 Å². The van der Waals surface area contributed by atoms with Crippen molar-refractivity contribution in [1.29, 1.82) is 0 Å². The molecule has 14 heavy (non-hydrogen) atoms. The van der Waals surface area contributed by atoms with Gasteiger partial charge < -0.3 is 5.11 Å². The van der Waals surface area contributed by atoms with E-state index in [-0.39, 0.29) is 16.1 Å². The van der Waals surface area contributed by atoms with Gasteiger partial charge in [0.25, 0.3) is 0 Å². The highest BCUT2D eigenvalue weighted by Gasteiger charge is 2.17. The SMILES string of the molecule is Cc1c(F)c(C(=O)O)cc(C=O)c1Cl. The van der Waals surface area contributed by atoms with Crippen LogP contribution in [0.2, 0.25) is 5.02 Å². The summed E-state index contributed by atoms with van der Waals surface area (Å²) < 4.78 is 13.2. The van der Waals surface area contributed by atoms with E-state index in [1.54, 1.807) is 0 Å². The van der Waals surface area contributed by atoms with Crippen LogP contribution in [-0.2, 0) is 0 Å². The van der Waals surface area contributed by atoms with Gasteiger partial charge in [-0.3, -0.25) is 4.79 Å². The first-order valence-electron chi connectivity index (χ1n) is 3.66. The molecule has 0 aromatic heterocycles. The lowest BCUT2D eigenvalue weighted by Crippen LogP contribution is -2.04. The Labute approximate surface area is 84.1 Å². The molecule has 0 spiro atoms. The lowest BCUT2D eigenvalue weighted by Gasteiger charge is -2.05. The highest BCUT2D eigenvalue weighted by molar-refractivity contribution is 6.33. The Morgan fingerprint density at radius 1 is 1.64 bits per heavy atom. The molecule has 0 fully saturated rings. The maximum atomic E-state index is 13.2. The van der Waals surface area contributed by atoms with Gasteiger partial charge in [-0.1, -0.05) is 11.6 Å². The summed E-state index contributed by atoms with van der Waals surface area (Å²) in [6.07, 6.45) is 0.390. The zero-order valence-electron chi connectivity index (χ0n) is 7.17. The number of carboxylic acids is 1. The maximum absolute atomic E-state index is 13.2. The minimum atomic E-state index is -1.43. The molecule has 0 radical (unpaired) electrons. The molecule has 0 amide bonds. The molecule has 0 aliphatic heterocycles. The summed E-state index contributed by atoms with van der Waals surface area (Å²) in [5, 5.41) is 8.55. The first kappa shape index (κ1) is 10.7. The minimum absolute atomic E-state index is 0.0250. The summed E-state index contributed by atoms with van der Waals surface area (Å²) >= 11 is 5.61. The van der Waals surface area contributed by atoms with Crippen molar-refractivity contribution in [2.45, 2.75) is 6.92 Å². The molecule has 5 heteroatoms. The first-order valence-corrected chi connectivity index (χ1v) is 4.04. The molecule has 1 rings (SSSR count). The van der Waals surface area contributed by atoms with E-state index < -0.39 is 17.3 Å². The van der Waals surface area contributed by atoms with Crippen LogP contribution in [0.25, 0.3) is 0 Å². The van der Waals surface area contributed by atoms with Crippen LogP contribution >= 0.6 is 11.6 Å². The monoisotopic (exact) mass is 216 g/mol. The number of hydrogen-bond donors (Lipinski definition) is 1. The van der Waals surface area contributed by atoms with Crippen LogP contribution in [0.15, 0.2) is 6.07 Å². The fourth-order valence-electron chi connectivity index (χ4n) is 1.04. The van der Waals surface area contributed by atoms with Crippen molar-refractivity contribution in [1.82, 2.24) is 0 Å². The van der Waals surface area contributed by atoms with Crippen molar-refractivity contribution in [3.05, 3.63) is 33.6 Å². The second kappa shape index (κ2) is 3.75. The van der Waals surface area contributed by atoms with Gasteiger partial charge in [0.15, 0.2) is 6.29 Å². The summed E-state index contributed by atoms with van der Waals surface area (Å²) in [5.74, 6) is -2.33. The smallest absolute Gasteiger partial charge is 0.338 e. The van der Waals surface area contributed by atoms with Crippen LogP contribution < -0.4 is 0 Å². The topological polar surface area (TPSA) is 54.4 Å². The Morgan fingerprint density at radius 3 is 2.64 bits per heavy atom. The zero-order chi connectivity index (χ0) is 10.9. The maximum Gasteiger partial charge on any atom is 0.338 e. The lowest BCUT2D eigenvalue weighted by atomic mass is 10.1. The van der Waals surface area contributed by atoms with E-state index in [1.807, 2.05) is 0 Å². The van der Waals surface area contributed by atoms with Crippen molar-refractivity contribution in [3.8, 4) is 0 Å². The Hall–Kier alpha value is -1.42. The van der Waals surface area contributed by atoms with E-state index in [2.05, 4.69) is 0 Å². The minimum Gasteiger partial charge on any atom is -0.478 e. The number of benzene rings is 1. The van der Waals surface area contributed by atoms with Crippen molar-refractivity contribution < 1.29 is 19.1 Å². The van der Waals surface area contributed by atoms with Crippen LogP contribution in [0.4, 0.5) is 4.39 Å². The fourth-order valence-corrected chi connectivity index (χ4v) is 1.22. The molecule has 1 aromatic rings. The van der Waals surface area contributed by atoms with Gasteiger partial charge in [0.2, 0.25) is 0 Å². The number of hydrogen-bond acceptors (Lipinski definition) is 2. The quantitative estimate of drug-likeness (QED) is 0.772. The molecular weight excluding hydrogens is 211 g/mol. The van der Waals surface area contributed by atoms with Crippen molar-refractivity contribution in [3.63, 3.8) is 0 Å². The molecule has 1 N–H and O–H groups in total. The Balaban J connectivity index is 3.56. The van der Waals surface area contributed by atoms with Crippen LogP contribution in [0.1, 0.15) is 26.3 Å². The van der Waals surface area contributed by atoms with Crippen LogP contribution in [0.3, 0.4) is 0 Å². The van der Waals surface area contributed by atoms with Gasteiger partial charge in [-0.2, -0.15) is 0 Å². The molecule has 0 aliphatic carbocycles. The van der Waals surface area contributed by atoms with Gasteiger partial charge in [-0.05, 0) is 13.0 Å². The second-order valence-corrected chi connectivity index (χ2v) is 3.07. The van der Waals surface area contributed by atoms with Crippen molar-refractivity contribution in [2.75, 3.05) is 0 Å². The van der Waals surface area contributed by atoms with Gasteiger partial charge >= 0.3 is 5.97 Å². The highest BCUT2D eigenvalue weighted by atomic mass is 35.5. The molecule has 0 unspecified atom stereocenters. The van der Waals surface area contributed by atoms with Gasteiger partial charge in [-0.15, -0.1) is 0 Å². The Bertz CT molecular complexity index is 415. The average molecular weight is 217 g/mol. The summed E-state index contributed by atoms with van der Waals surface area (Å²) in [6, 6.07) is 0.917. The number of carbonyl (C=O) groups excluding carboxylic acids is 1. The van der Waals surface area contributed by atoms with E-state index in [0.29, 0.717) is 6.29 Å². The molecule has 0 heterocycles. The molecule has 0 aliphatic rings. The molecule has 3 nitrogen and oxygen atoms in total. The van der Waals surface area contributed by atoms with Crippen LogP contribution in [-0.4, -0.2) is 17.4 Å². The van der Waals surface area contributed by atoms with Gasteiger partial charge in [-0.25, -0.2) is 9.18 Å². The first-order chi connectivity index (χ1) is 6.49. The largest absolute Gasteiger partial charge is 0.478 e. The van der Waals surface area contributed by atoms with E-state index in [9.17, 15) is 14.0 Å². The molecule has 74 valence electrons. The van der Waals surface area contributed by atoms with Crippen molar-refractivity contribution >= 4 is 23.9 Å². The van der Waals surface area contributed by atoms with E-state index in [1.165, 1.54) is 6.92 Å². The van der Waals surface area contributed by atoms with Crippen LogP contribution in [0.5, 0.6) is 0 Å². The fraction of sp³-hybridized carbons (Fsp3) is 0.111. The molecule has 0 bridgehead atoms. The Kier molecular flexibility index (Phi) is 2.86. The van der Waals surface area contributed by atoms with E-state index in [0.717, 1.165) is 6.07 Å². The zero-order valence-corrected chi connectivity index (χ0v) is 7.93. The average Bonchev–Trinajstić information content (AvgIpc) is 2.14. The molecule has 0 saturated heterocycles. The number of carboxylic acid groups (broad SMARTS) is 1. The number of aromatic carboxylic acids is 1. The summed E-state index contributed by atoms with van der Waals surface area (Å²) in [4.78, 5) is 21.0. The number of halogens is 2. The third-order valence-electron chi connectivity index (χ3n) is 1.81. The van der Waals surface area contributed by atoms with E-state index in [4.69, 9.17) is 16.7 Å². The van der Waals surface area contributed by atoms with Gasteiger partial charge in [0, 0.05) is 11.1 Å².